The van der Waals surface area contributed by atoms with Gasteiger partial charge in [0, 0.05) is 32.4 Å². The van der Waals surface area contributed by atoms with Gasteiger partial charge in [0.25, 0.3) is 0 Å². The van der Waals surface area contributed by atoms with Gasteiger partial charge >= 0.3 is 5.97 Å². The Balaban J connectivity index is 1.30. The van der Waals surface area contributed by atoms with Crippen molar-refractivity contribution in [3.05, 3.63) is 71.4 Å². The smallest absolute Gasteiger partial charge is 0.337 e. The maximum absolute atomic E-state index is 13.4. The van der Waals surface area contributed by atoms with Crippen LogP contribution < -0.4 is 0 Å². The van der Waals surface area contributed by atoms with Gasteiger partial charge in [-0.05, 0) is 61.9 Å². The van der Waals surface area contributed by atoms with E-state index in [1.807, 2.05) is 18.3 Å². The number of piperidine rings is 1. The van der Waals surface area contributed by atoms with Crippen LogP contribution in [0, 0.1) is 5.82 Å². The first-order valence-electron chi connectivity index (χ1n) is 13.8. The molecule has 38 heavy (non-hydrogen) atoms. The molecule has 0 unspecified atom stereocenters. The van der Waals surface area contributed by atoms with Crippen LogP contribution >= 0.6 is 0 Å². The number of nitrogens with zero attached hydrogens (tertiary/aromatic N) is 4. The van der Waals surface area contributed by atoms with E-state index in [4.69, 9.17) is 14.5 Å². The molecule has 0 N–H and O–H groups in total. The summed E-state index contributed by atoms with van der Waals surface area (Å²) in [6.45, 7) is 3.43. The molecule has 0 bridgehead atoms. The third-order valence-electron chi connectivity index (χ3n) is 7.74. The Kier molecular flexibility index (Phi) is 8.81. The first-order valence-corrected chi connectivity index (χ1v) is 13.8. The van der Waals surface area contributed by atoms with Gasteiger partial charge in [0.05, 0.1) is 36.8 Å². The summed E-state index contributed by atoms with van der Waals surface area (Å²) in [4.78, 5) is 23.8. The molecule has 0 spiro atoms. The summed E-state index contributed by atoms with van der Waals surface area (Å²) in [5, 5.41) is 0. The summed E-state index contributed by atoms with van der Waals surface area (Å²) >= 11 is 0. The fourth-order valence-electron chi connectivity index (χ4n) is 5.59. The lowest BCUT2D eigenvalue weighted by atomic mass is 9.97. The lowest BCUT2D eigenvalue weighted by Crippen LogP contribution is -2.38. The SMILES string of the molecule is COC(=O)c1ccnc(-c2ncc(CN3CCC(OC4CCCCC4)CC3)n2CCc2ccc(F)cc2)c1. The van der Waals surface area contributed by atoms with Gasteiger partial charge in [0.2, 0.25) is 0 Å². The molecule has 1 aliphatic carbocycles. The molecular formula is C30H37FN4O3. The van der Waals surface area contributed by atoms with Crippen LogP contribution in [0.15, 0.2) is 48.8 Å². The predicted molar refractivity (Wildman–Crippen MR) is 143 cm³/mol. The Hall–Kier alpha value is -3.10. The fraction of sp³-hybridized carbons (Fsp3) is 0.500. The van der Waals surface area contributed by atoms with Crippen LogP contribution in [0.5, 0.6) is 0 Å². The van der Waals surface area contributed by atoms with Crippen molar-refractivity contribution in [3.8, 4) is 11.5 Å². The van der Waals surface area contributed by atoms with E-state index in [1.165, 1.54) is 51.3 Å². The summed E-state index contributed by atoms with van der Waals surface area (Å²) in [7, 11) is 1.37. The van der Waals surface area contributed by atoms with E-state index in [0.717, 1.165) is 50.2 Å². The molecule has 1 aliphatic heterocycles. The van der Waals surface area contributed by atoms with Crippen LogP contribution in [-0.4, -0.2) is 57.8 Å². The number of hydrogen-bond donors (Lipinski definition) is 0. The van der Waals surface area contributed by atoms with Gasteiger partial charge in [-0.3, -0.25) is 9.88 Å². The molecule has 7 nitrogen and oxygen atoms in total. The quantitative estimate of drug-likeness (QED) is 0.351. The van der Waals surface area contributed by atoms with Crippen molar-refractivity contribution in [2.24, 2.45) is 0 Å². The van der Waals surface area contributed by atoms with Crippen molar-refractivity contribution in [2.75, 3.05) is 20.2 Å². The van der Waals surface area contributed by atoms with E-state index in [-0.39, 0.29) is 5.82 Å². The highest BCUT2D eigenvalue weighted by molar-refractivity contribution is 5.90. The normalized spacial score (nSPS) is 17.5. The van der Waals surface area contributed by atoms with Gasteiger partial charge in [-0.15, -0.1) is 0 Å². The zero-order valence-electron chi connectivity index (χ0n) is 22.2. The number of likely N-dealkylation sites (tertiary alicyclic amines) is 1. The zero-order chi connectivity index (χ0) is 26.3. The maximum Gasteiger partial charge on any atom is 0.337 e. The Morgan fingerprint density at radius 3 is 2.47 bits per heavy atom. The molecule has 2 aliphatic rings. The number of rotatable bonds is 9. The molecule has 8 heteroatoms. The van der Waals surface area contributed by atoms with Crippen LogP contribution in [-0.2, 0) is 29.0 Å². The number of hydrogen-bond acceptors (Lipinski definition) is 6. The second-order valence-corrected chi connectivity index (χ2v) is 10.4. The van der Waals surface area contributed by atoms with Gasteiger partial charge in [-0.1, -0.05) is 31.4 Å². The Labute approximate surface area is 224 Å². The molecule has 1 saturated heterocycles. The first-order chi connectivity index (χ1) is 18.6. The van der Waals surface area contributed by atoms with Gasteiger partial charge in [0.1, 0.15) is 11.5 Å². The molecule has 1 aromatic carbocycles. The fourth-order valence-corrected chi connectivity index (χ4v) is 5.59. The van der Waals surface area contributed by atoms with Gasteiger partial charge in [-0.2, -0.15) is 0 Å². The van der Waals surface area contributed by atoms with Crippen LogP contribution in [0.4, 0.5) is 4.39 Å². The molecule has 0 atom stereocenters. The molecule has 5 rings (SSSR count). The van der Waals surface area contributed by atoms with E-state index in [9.17, 15) is 9.18 Å². The van der Waals surface area contributed by atoms with Gasteiger partial charge in [-0.25, -0.2) is 14.2 Å². The highest BCUT2D eigenvalue weighted by Gasteiger charge is 2.25. The molecule has 3 aromatic rings. The number of imidazole rings is 1. The van der Waals surface area contributed by atoms with Gasteiger partial charge in [0.15, 0.2) is 5.82 Å². The van der Waals surface area contributed by atoms with Gasteiger partial charge < -0.3 is 14.0 Å². The largest absolute Gasteiger partial charge is 0.465 e. The second-order valence-electron chi connectivity index (χ2n) is 10.4. The van der Waals surface area contributed by atoms with Crippen molar-refractivity contribution in [1.29, 1.82) is 0 Å². The molecule has 202 valence electrons. The lowest BCUT2D eigenvalue weighted by molar-refractivity contribution is -0.0567. The molecule has 3 heterocycles. The molecular weight excluding hydrogens is 483 g/mol. The van der Waals surface area contributed by atoms with Crippen molar-refractivity contribution >= 4 is 5.97 Å². The Morgan fingerprint density at radius 2 is 1.74 bits per heavy atom. The minimum atomic E-state index is -0.406. The highest BCUT2D eigenvalue weighted by Crippen LogP contribution is 2.26. The molecule has 0 amide bonds. The predicted octanol–water partition coefficient (Wildman–Crippen LogP) is 5.43. The Morgan fingerprint density at radius 1 is 1.00 bits per heavy atom. The van der Waals surface area contributed by atoms with Crippen molar-refractivity contribution in [2.45, 2.75) is 76.7 Å². The van der Waals surface area contributed by atoms with Crippen LogP contribution in [0.25, 0.3) is 11.5 Å². The van der Waals surface area contributed by atoms with Crippen LogP contribution in [0.3, 0.4) is 0 Å². The standard InChI is InChI=1S/C30H37FN4O3/c1-37-30(36)23-11-15-32-28(19-23)29-33-20-25(35(29)18-12-22-7-9-24(31)10-8-22)21-34-16-13-27(14-17-34)38-26-5-3-2-4-6-26/h7-11,15,19-20,26-27H,2-6,12-14,16-18,21H2,1H3. The first kappa shape index (κ1) is 26.5. The number of carbonyl (C=O) groups is 1. The summed E-state index contributed by atoms with van der Waals surface area (Å²) < 4.78 is 26.9. The number of aryl methyl sites for hydroxylation is 1. The number of carbonyl (C=O) groups excluding carboxylic acids is 1. The molecule has 0 radical (unpaired) electrons. The minimum Gasteiger partial charge on any atom is -0.465 e. The summed E-state index contributed by atoms with van der Waals surface area (Å²) in [6, 6.07) is 9.98. The summed E-state index contributed by atoms with van der Waals surface area (Å²) in [5.74, 6) is 0.0671. The number of aromatic nitrogens is 3. The third kappa shape index (κ3) is 6.66. The van der Waals surface area contributed by atoms with Crippen LogP contribution in [0.2, 0.25) is 0 Å². The number of esters is 1. The monoisotopic (exact) mass is 520 g/mol. The maximum atomic E-state index is 13.4. The number of pyridine rings is 1. The highest BCUT2D eigenvalue weighted by atomic mass is 19.1. The average Bonchev–Trinajstić information content (AvgIpc) is 3.36. The zero-order valence-corrected chi connectivity index (χ0v) is 22.2. The Bertz CT molecular complexity index is 1200. The number of methoxy groups -OCH3 is 1. The molecule has 2 fully saturated rings. The third-order valence-corrected chi connectivity index (χ3v) is 7.74. The number of ether oxygens (including phenoxy) is 2. The van der Waals surface area contributed by atoms with E-state index < -0.39 is 5.97 Å². The van der Waals surface area contributed by atoms with Crippen molar-refractivity contribution < 1.29 is 18.7 Å². The lowest BCUT2D eigenvalue weighted by Gasteiger charge is -2.35. The second kappa shape index (κ2) is 12.6. The number of benzene rings is 1. The topological polar surface area (TPSA) is 69.5 Å². The minimum absolute atomic E-state index is 0.238. The molecule has 1 saturated carbocycles. The van der Waals surface area contributed by atoms with E-state index in [2.05, 4.69) is 14.5 Å². The van der Waals surface area contributed by atoms with E-state index in [0.29, 0.717) is 35.8 Å². The molecule has 2 aromatic heterocycles. The van der Waals surface area contributed by atoms with E-state index in [1.54, 1.807) is 18.3 Å². The van der Waals surface area contributed by atoms with Crippen molar-refractivity contribution in [1.82, 2.24) is 19.4 Å². The number of halogens is 1. The summed E-state index contributed by atoms with van der Waals surface area (Å²) in [6.07, 6.45) is 13.5. The summed E-state index contributed by atoms with van der Waals surface area (Å²) in [5.41, 5.74) is 3.21. The van der Waals surface area contributed by atoms with Crippen LogP contribution in [0.1, 0.15) is 66.6 Å². The van der Waals surface area contributed by atoms with E-state index >= 15 is 0 Å². The van der Waals surface area contributed by atoms with Crippen molar-refractivity contribution in [3.63, 3.8) is 0 Å². The average molecular weight is 521 g/mol.